The number of hydrogen-bond donors (Lipinski definition) is 0. The van der Waals surface area contributed by atoms with Gasteiger partial charge in [0.25, 0.3) is 5.91 Å². The van der Waals surface area contributed by atoms with Crippen molar-refractivity contribution in [2.75, 3.05) is 13.3 Å². The molecule has 0 unspecified atom stereocenters. The van der Waals surface area contributed by atoms with Crippen LogP contribution in [0.5, 0.6) is 0 Å². The van der Waals surface area contributed by atoms with Crippen LogP contribution < -0.4 is 0 Å². The molecule has 2 heterocycles. The van der Waals surface area contributed by atoms with Crippen molar-refractivity contribution >= 4 is 28.7 Å². The van der Waals surface area contributed by atoms with E-state index in [2.05, 4.69) is 16.5 Å². The molecule has 0 radical (unpaired) electrons. The minimum absolute atomic E-state index is 0.179. The van der Waals surface area contributed by atoms with Crippen LogP contribution in [0.15, 0.2) is 59.9 Å². The van der Waals surface area contributed by atoms with Gasteiger partial charge in [0.15, 0.2) is 5.16 Å². The monoisotopic (exact) mass is 423 g/mol. The lowest BCUT2D eigenvalue weighted by Gasteiger charge is -2.19. The zero-order chi connectivity index (χ0) is 21.3. The largest absolute Gasteiger partial charge is 0.333 e. The van der Waals surface area contributed by atoms with Crippen molar-refractivity contribution in [1.82, 2.24) is 24.0 Å². The number of benzene rings is 2. The number of rotatable bonds is 6. The zero-order valence-electron chi connectivity index (χ0n) is 17.0. The van der Waals surface area contributed by atoms with E-state index >= 15 is 0 Å². The quantitative estimate of drug-likeness (QED) is 0.432. The molecule has 2 aromatic carbocycles. The molecule has 8 heteroatoms. The van der Waals surface area contributed by atoms with Gasteiger partial charge in [-0.15, -0.1) is 0 Å². The third-order valence-corrected chi connectivity index (χ3v) is 5.64. The first-order chi connectivity index (χ1) is 14.5. The van der Waals surface area contributed by atoms with Crippen molar-refractivity contribution in [3.8, 4) is 5.69 Å². The zero-order valence-corrected chi connectivity index (χ0v) is 17.9. The molecular weight excluding hydrogens is 401 g/mol. The highest BCUT2D eigenvalue weighted by atomic mass is 32.2. The Kier molecular flexibility index (Phi) is 5.59. The van der Waals surface area contributed by atoms with Crippen LogP contribution in [0.2, 0.25) is 0 Å². The minimum atomic E-state index is -0.326. The first-order valence-corrected chi connectivity index (χ1v) is 10.8. The van der Waals surface area contributed by atoms with Gasteiger partial charge in [0.05, 0.1) is 23.8 Å². The van der Waals surface area contributed by atoms with E-state index in [4.69, 9.17) is 4.98 Å². The van der Waals surface area contributed by atoms with E-state index < -0.39 is 0 Å². The van der Waals surface area contributed by atoms with Gasteiger partial charge in [-0.2, -0.15) is 0 Å². The van der Waals surface area contributed by atoms with Crippen LogP contribution in [-0.2, 0) is 13.1 Å². The van der Waals surface area contributed by atoms with Crippen LogP contribution in [0.3, 0.4) is 0 Å². The second kappa shape index (κ2) is 8.31. The molecule has 2 aromatic heterocycles. The molecule has 0 N–H and O–H groups in total. The summed E-state index contributed by atoms with van der Waals surface area (Å²) in [6.45, 7) is 3.19. The molecule has 0 aliphatic heterocycles. The number of imidazole rings is 2. The van der Waals surface area contributed by atoms with E-state index in [1.54, 1.807) is 34.8 Å². The second-order valence-corrected chi connectivity index (χ2v) is 7.64. The number of aryl methyl sites for hydroxylation is 1. The fourth-order valence-corrected chi connectivity index (χ4v) is 4.09. The molecule has 30 heavy (non-hydrogen) atoms. The summed E-state index contributed by atoms with van der Waals surface area (Å²) in [6.07, 6.45) is 3.46. The Labute approximate surface area is 178 Å². The Balaban J connectivity index is 1.67. The topological polar surface area (TPSA) is 56.0 Å². The Bertz CT molecular complexity index is 1200. The predicted molar refractivity (Wildman–Crippen MR) is 117 cm³/mol. The molecule has 1 amide bonds. The molecule has 4 aromatic rings. The van der Waals surface area contributed by atoms with Crippen LogP contribution in [0.25, 0.3) is 16.7 Å². The van der Waals surface area contributed by atoms with Crippen molar-refractivity contribution in [3.05, 3.63) is 72.1 Å². The number of nitrogens with zero attached hydrogens (tertiary/aromatic N) is 5. The first-order valence-electron chi connectivity index (χ1n) is 9.60. The fraction of sp³-hybridized carbons (Fsp3) is 0.227. The summed E-state index contributed by atoms with van der Waals surface area (Å²) in [4.78, 5) is 24.0. The Morgan fingerprint density at radius 1 is 1.17 bits per heavy atom. The maximum Gasteiger partial charge on any atom is 0.272 e. The maximum atomic E-state index is 13.4. The van der Waals surface area contributed by atoms with Gasteiger partial charge in [-0.05, 0) is 49.6 Å². The summed E-state index contributed by atoms with van der Waals surface area (Å²) in [5, 5.41) is 0.666. The highest BCUT2D eigenvalue weighted by Gasteiger charge is 2.22. The van der Waals surface area contributed by atoms with Crippen LogP contribution in [0.4, 0.5) is 4.39 Å². The Morgan fingerprint density at radius 2 is 1.90 bits per heavy atom. The number of halogens is 1. The molecule has 0 spiro atoms. The Morgan fingerprint density at radius 3 is 2.60 bits per heavy atom. The standard InChI is InChI=1S/C22H22FN5OS/c1-4-27-18-8-6-5-7-17(18)25-20(27)14-26(2)21(29)19-13-24-22(30-3)28(19)16-11-9-15(23)10-12-16/h5-13H,4,14H2,1-3H3. The van der Waals surface area contributed by atoms with Crippen molar-refractivity contribution in [2.24, 2.45) is 0 Å². The summed E-state index contributed by atoms with van der Waals surface area (Å²) in [5.74, 6) is 0.322. The summed E-state index contributed by atoms with van der Waals surface area (Å²) >= 11 is 1.43. The highest BCUT2D eigenvalue weighted by Crippen LogP contribution is 2.24. The van der Waals surface area contributed by atoms with Crippen LogP contribution in [0, 0.1) is 5.82 Å². The second-order valence-electron chi connectivity index (χ2n) is 6.86. The van der Waals surface area contributed by atoms with Gasteiger partial charge in [0, 0.05) is 19.3 Å². The normalized spacial score (nSPS) is 11.2. The van der Waals surface area contributed by atoms with Crippen LogP contribution in [0.1, 0.15) is 23.2 Å². The lowest BCUT2D eigenvalue weighted by atomic mass is 10.3. The number of thioether (sulfide) groups is 1. The molecule has 0 bridgehead atoms. The predicted octanol–water partition coefficient (Wildman–Crippen LogP) is 4.38. The molecule has 0 aliphatic rings. The van der Waals surface area contributed by atoms with Gasteiger partial charge in [-0.3, -0.25) is 9.36 Å². The summed E-state index contributed by atoms with van der Waals surface area (Å²) in [5.41, 5.74) is 3.08. The van der Waals surface area contributed by atoms with Crippen LogP contribution >= 0.6 is 11.8 Å². The lowest BCUT2D eigenvalue weighted by molar-refractivity contribution is 0.0771. The first kappa shape index (κ1) is 20.2. The molecule has 0 fully saturated rings. The summed E-state index contributed by atoms with van der Waals surface area (Å²) in [6, 6.07) is 14.0. The highest BCUT2D eigenvalue weighted by molar-refractivity contribution is 7.98. The number of aromatic nitrogens is 4. The van der Waals surface area contributed by atoms with Crippen molar-refractivity contribution in [3.63, 3.8) is 0 Å². The number of fused-ring (bicyclic) bond motifs is 1. The number of amides is 1. The van der Waals surface area contributed by atoms with E-state index in [1.165, 1.54) is 23.9 Å². The molecule has 0 saturated carbocycles. The average molecular weight is 424 g/mol. The molecule has 0 saturated heterocycles. The van der Waals surface area contributed by atoms with Gasteiger partial charge in [0.1, 0.15) is 17.3 Å². The van der Waals surface area contributed by atoms with Crippen molar-refractivity contribution < 1.29 is 9.18 Å². The molecule has 4 rings (SSSR count). The molecular formula is C22H22FN5OS. The molecule has 0 atom stereocenters. The third kappa shape index (κ3) is 3.59. The van der Waals surface area contributed by atoms with E-state index in [0.717, 1.165) is 23.4 Å². The van der Waals surface area contributed by atoms with E-state index in [0.29, 0.717) is 23.1 Å². The molecule has 6 nitrogen and oxygen atoms in total. The smallest absolute Gasteiger partial charge is 0.272 e. The SMILES string of the molecule is CCn1c(CN(C)C(=O)c2cnc(SC)n2-c2ccc(F)cc2)nc2ccccc21. The minimum Gasteiger partial charge on any atom is -0.333 e. The van der Waals surface area contributed by atoms with Crippen LogP contribution in [-0.4, -0.2) is 43.2 Å². The average Bonchev–Trinajstić information content (AvgIpc) is 3.34. The van der Waals surface area contributed by atoms with Gasteiger partial charge in [0.2, 0.25) is 0 Å². The summed E-state index contributed by atoms with van der Waals surface area (Å²) < 4.78 is 17.3. The van der Waals surface area contributed by atoms with Crippen molar-refractivity contribution in [1.29, 1.82) is 0 Å². The number of carbonyl (C=O) groups is 1. The molecule has 0 aliphatic carbocycles. The van der Waals surface area contributed by atoms with Gasteiger partial charge >= 0.3 is 0 Å². The van der Waals surface area contributed by atoms with E-state index in [-0.39, 0.29) is 11.7 Å². The maximum absolute atomic E-state index is 13.4. The fourth-order valence-electron chi connectivity index (χ4n) is 3.55. The van der Waals surface area contributed by atoms with Gasteiger partial charge < -0.3 is 9.47 Å². The lowest BCUT2D eigenvalue weighted by Crippen LogP contribution is -2.29. The number of carbonyl (C=O) groups excluding carboxylic acids is 1. The van der Waals surface area contributed by atoms with Gasteiger partial charge in [-0.1, -0.05) is 23.9 Å². The van der Waals surface area contributed by atoms with E-state index in [9.17, 15) is 9.18 Å². The third-order valence-electron chi connectivity index (χ3n) is 4.99. The molecule has 154 valence electrons. The number of para-hydroxylation sites is 2. The van der Waals surface area contributed by atoms with Gasteiger partial charge in [-0.25, -0.2) is 14.4 Å². The summed E-state index contributed by atoms with van der Waals surface area (Å²) in [7, 11) is 1.75. The van der Waals surface area contributed by atoms with E-state index in [1.807, 2.05) is 30.5 Å². The van der Waals surface area contributed by atoms with Crippen molar-refractivity contribution in [2.45, 2.75) is 25.2 Å². The number of hydrogen-bond acceptors (Lipinski definition) is 4. The Hall–Kier alpha value is -3.13.